The van der Waals surface area contributed by atoms with Crippen LogP contribution in [0.2, 0.25) is 0 Å². The average molecular weight is 263 g/mol. The van der Waals surface area contributed by atoms with E-state index in [4.69, 9.17) is 10.5 Å². The number of nitrogens with zero attached hydrogens (tertiary/aromatic N) is 2. The minimum absolute atomic E-state index is 0.388. The maximum atomic E-state index is 6.04. The summed E-state index contributed by atoms with van der Waals surface area (Å²) in [7, 11) is 1.63. The van der Waals surface area contributed by atoms with Crippen molar-refractivity contribution < 1.29 is 4.74 Å². The van der Waals surface area contributed by atoms with Crippen LogP contribution in [0.3, 0.4) is 0 Å². The van der Waals surface area contributed by atoms with Gasteiger partial charge >= 0.3 is 0 Å². The van der Waals surface area contributed by atoms with Gasteiger partial charge < -0.3 is 15.4 Å². The summed E-state index contributed by atoms with van der Waals surface area (Å²) in [5.74, 6) is 2.27. The molecule has 0 spiro atoms. The third-order valence-corrected chi connectivity index (χ3v) is 4.11. The molecule has 19 heavy (non-hydrogen) atoms. The van der Waals surface area contributed by atoms with Gasteiger partial charge in [0.15, 0.2) is 5.82 Å². The van der Waals surface area contributed by atoms with Crippen LogP contribution in [0.1, 0.15) is 33.6 Å². The number of anilines is 2. The van der Waals surface area contributed by atoms with E-state index in [1.54, 1.807) is 13.2 Å². The molecule has 0 aromatic carbocycles. The molecule has 4 heteroatoms. The van der Waals surface area contributed by atoms with Crippen molar-refractivity contribution in [2.75, 3.05) is 30.8 Å². The summed E-state index contributed by atoms with van der Waals surface area (Å²) in [6.45, 7) is 9.01. The third-order valence-electron chi connectivity index (χ3n) is 4.11. The summed E-state index contributed by atoms with van der Waals surface area (Å²) in [5.41, 5.74) is 7.16. The van der Waals surface area contributed by atoms with Crippen molar-refractivity contribution >= 4 is 11.5 Å². The fourth-order valence-electron chi connectivity index (χ4n) is 2.77. The number of piperidine rings is 1. The molecule has 2 heterocycles. The van der Waals surface area contributed by atoms with Crippen LogP contribution in [0.5, 0.6) is 5.88 Å². The van der Waals surface area contributed by atoms with Crippen LogP contribution in [0.4, 0.5) is 11.5 Å². The molecule has 1 aliphatic heterocycles. The summed E-state index contributed by atoms with van der Waals surface area (Å²) in [6.07, 6.45) is 2.39. The third kappa shape index (κ3) is 3.11. The highest BCUT2D eigenvalue weighted by molar-refractivity contribution is 5.63. The van der Waals surface area contributed by atoms with Crippen LogP contribution in [-0.2, 0) is 0 Å². The lowest BCUT2D eigenvalue weighted by Gasteiger charge is -2.39. The Morgan fingerprint density at radius 2 is 1.89 bits per heavy atom. The standard InChI is InChI=1S/C15H25N3O/c1-15(2,3)11-7-9-18(10-8-11)14-12(16)5-6-13(17-14)19-4/h5-6,11H,7-10,16H2,1-4H3. The lowest BCUT2D eigenvalue weighted by atomic mass is 9.75. The average Bonchev–Trinajstić information content (AvgIpc) is 2.38. The number of pyridine rings is 1. The first-order valence-electron chi connectivity index (χ1n) is 6.97. The van der Waals surface area contributed by atoms with Gasteiger partial charge in [-0.15, -0.1) is 0 Å². The Hall–Kier alpha value is -1.45. The molecule has 0 bridgehead atoms. The van der Waals surface area contributed by atoms with E-state index < -0.39 is 0 Å². The fourth-order valence-corrected chi connectivity index (χ4v) is 2.77. The number of nitrogens with two attached hydrogens (primary N) is 1. The van der Waals surface area contributed by atoms with E-state index in [1.807, 2.05) is 6.07 Å². The molecule has 0 unspecified atom stereocenters. The smallest absolute Gasteiger partial charge is 0.215 e. The topological polar surface area (TPSA) is 51.4 Å². The Kier molecular flexibility index (Phi) is 3.88. The molecule has 106 valence electrons. The highest BCUT2D eigenvalue weighted by Crippen LogP contribution is 2.36. The first kappa shape index (κ1) is 14.0. The van der Waals surface area contributed by atoms with Gasteiger partial charge in [0, 0.05) is 19.2 Å². The second kappa shape index (κ2) is 5.27. The molecule has 0 radical (unpaired) electrons. The molecule has 0 amide bonds. The summed E-state index contributed by atoms with van der Waals surface area (Å²) >= 11 is 0. The summed E-state index contributed by atoms with van der Waals surface area (Å²) in [5, 5.41) is 0. The van der Waals surface area contributed by atoms with E-state index in [1.165, 1.54) is 12.8 Å². The van der Waals surface area contributed by atoms with Gasteiger partial charge in [0.05, 0.1) is 12.8 Å². The molecule has 4 nitrogen and oxygen atoms in total. The van der Waals surface area contributed by atoms with Crippen molar-refractivity contribution in [3.8, 4) is 5.88 Å². The summed E-state index contributed by atoms with van der Waals surface area (Å²) in [4.78, 5) is 6.76. The monoisotopic (exact) mass is 263 g/mol. The number of ether oxygens (including phenoxy) is 1. The highest BCUT2D eigenvalue weighted by atomic mass is 16.5. The molecule has 1 aromatic rings. The van der Waals surface area contributed by atoms with Crippen LogP contribution < -0.4 is 15.4 Å². The number of nitrogen functional groups attached to an aromatic ring is 1. The largest absolute Gasteiger partial charge is 0.481 e. The van der Waals surface area contributed by atoms with E-state index in [-0.39, 0.29) is 0 Å². The molecule has 1 aromatic heterocycles. The minimum atomic E-state index is 0.388. The van der Waals surface area contributed by atoms with Crippen LogP contribution in [0.25, 0.3) is 0 Å². The zero-order valence-electron chi connectivity index (χ0n) is 12.4. The lowest BCUT2D eigenvalue weighted by Crippen LogP contribution is -2.38. The number of methoxy groups -OCH3 is 1. The van der Waals surface area contributed by atoms with Gasteiger partial charge in [0.25, 0.3) is 0 Å². The molecule has 1 fully saturated rings. The van der Waals surface area contributed by atoms with E-state index in [2.05, 4.69) is 30.7 Å². The Balaban J connectivity index is 2.09. The molecule has 1 saturated heterocycles. The van der Waals surface area contributed by atoms with Crippen LogP contribution in [0, 0.1) is 11.3 Å². The van der Waals surface area contributed by atoms with Crippen molar-refractivity contribution in [1.82, 2.24) is 4.98 Å². The molecular formula is C15H25N3O. The van der Waals surface area contributed by atoms with E-state index in [0.29, 0.717) is 11.3 Å². The first-order valence-corrected chi connectivity index (χ1v) is 6.97. The summed E-state index contributed by atoms with van der Waals surface area (Å²) < 4.78 is 5.18. The van der Waals surface area contributed by atoms with Crippen LogP contribution >= 0.6 is 0 Å². The Morgan fingerprint density at radius 3 is 2.42 bits per heavy atom. The number of rotatable bonds is 2. The zero-order chi connectivity index (χ0) is 14.0. The Bertz CT molecular complexity index is 432. The molecular weight excluding hydrogens is 238 g/mol. The van der Waals surface area contributed by atoms with Gasteiger partial charge in [0.1, 0.15) is 0 Å². The predicted molar refractivity (Wildman–Crippen MR) is 79.6 cm³/mol. The maximum Gasteiger partial charge on any atom is 0.215 e. The molecule has 2 rings (SSSR count). The van der Waals surface area contributed by atoms with Crippen molar-refractivity contribution in [3.05, 3.63) is 12.1 Å². The zero-order valence-corrected chi connectivity index (χ0v) is 12.4. The second-order valence-corrected chi connectivity index (χ2v) is 6.39. The van der Waals surface area contributed by atoms with Gasteiger partial charge in [0.2, 0.25) is 5.88 Å². The molecule has 0 atom stereocenters. The predicted octanol–water partition coefficient (Wildman–Crippen LogP) is 2.93. The lowest BCUT2D eigenvalue weighted by molar-refractivity contribution is 0.198. The van der Waals surface area contributed by atoms with Crippen molar-refractivity contribution in [2.24, 2.45) is 11.3 Å². The van der Waals surface area contributed by atoms with Crippen molar-refractivity contribution in [1.29, 1.82) is 0 Å². The van der Waals surface area contributed by atoms with Crippen LogP contribution in [0.15, 0.2) is 12.1 Å². The number of hydrogen-bond donors (Lipinski definition) is 1. The van der Waals surface area contributed by atoms with Gasteiger partial charge in [-0.3, -0.25) is 0 Å². The van der Waals surface area contributed by atoms with Gasteiger partial charge in [-0.2, -0.15) is 4.98 Å². The maximum absolute atomic E-state index is 6.04. The summed E-state index contributed by atoms with van der Waals surface area (Å²) in [6, 6.07) is 3.68. The number of hydrogen-bond acceptors (Lipinski definition) is 4. The minimum Gasteiger partial charge on any atom is -0.481 e. The fraction of sp³-hybridized carbons (Fsp3) is 0.667. The molecule has 1 aliphatic rings. The normalized spacial score (nSPS) is 17.6. The van der Waals surface area contributed by atoms with Crippen molar-refractivity contribution in [2.45, 2.75) is 33.6 Å². The van der Waals surface area contributed by atoms with Crippen molar-refractivity contribution in [3.63, 3.8) is 0 Å². The quantitative estimate of drug-likeness (QED) is 0.891. The van der Waals surface area contributed by atoms with E-state index >= 15 is 0 Å². The molecule has 0 saturated carbocycles. The Morgan fingerprint density at radius 1 is 1.26 bits per heavy atom. The molecule has 0 aliphatic carbocycles. The molecule has 2 N–H and O–H groups in total. The van der Waals surface area contributed by atoms with E-state index in [9.17, 15) is 0 Å². The van der Waals surface area contributed by atoms with E-state index in [0.717, 1.165) is 30.5 Å². The highest BCUT2D eigenvalue weighted by Gasteiger charge is 2.29. The first-order chi connectivity index (χ1) is 8.91. The SMILES string of the molecule is COc1ccc(N)c(N2CCC(C(C)(C)C)CC2)n1. The Labute approximate surface area is 116 Å². The van der Waals surface area contributed by atoms with Gasteiger partial charge in [-0.1, -0.05) is 20.8 Å². The number of aromatic nitrogens is 1. The van der Waals surface area contributed by atoms with Gasteiger partial charge in [-0.25, -0.2) is 0 Å². The van der Waals surface area contributed by atoms with Gasteiger partial charge in [-0.05, 0) is 30.2 Å². The van der Waals surface area contributed by atoms with Crippen LogP contribution in [-0.4, -0.2) is 25.2 Å². The second-order valence-electron chi connectivity index (χ2n) is 6.39.